The Hall–Kier alpha value is -1.91. The molecule has 2 heterocycles. The van der Waals surface area contributed by atoms with Crippen LogP contribution in [0.3, 0.4) is 0 Å². The molecule has 0 radical (unpaired) electrons. The van der Waals surface area contributed by atoms with E-state index in [0.29, 0.717) is 0 Å². The van der Waals surface area contributed by atoms with Gasteiger partial charge < -0.3 is 5.11 Å². The molecule has 84 valence electrons. The maximum atomic E-state index is 10.8. The molecule has 0 aliphatic heterocycles. The number of fused-ring (bicyclic) bond motifs is 1. The minimum Gasteiger partial charge on any atom is -0.481 e. The molecular weight excluding hydrogens is 206 g/mol. The Morgan fingerprint density at radius 1 is 1.56 bits per heavy atom. The molecular formula is C11H13N3O2. The quantitative estimate of drug-likeness (QED) is 0.849. The summed E-state index contributed by atoms with van der Waals surface area (Å²) < 4.78 is 1.65. The number of hydrogen-bond donors (Lipinski definition) is 1. The predicted molar refractivity (Wildman–Crippen MR) is 58.3 cm³/mol. The lowest BCUT2D eigenvalue weighted by atomic mass is 9.86. The van der Waals surface area contributed by atoms with Gasteiger partial charge in [0.1, 0.15) is 0 Å². The molecule has 16 heavy (non-hydrogen) atoms. The minimum absolute atomic E-state index is 0.0525. The average Bonchev–Trinajstić information content (AvgIpc) is 2.59. The van der Waals surface area contributed by atoms with Crippen LogP contribution < -0.4 is 0 Å². The maximum Gasteiger partial charge on any atom is 0.304 e. The first-order valence-corrected chi connectivity index (χ1v) is 5.02. The van der Waals surface area contributed by atoms with Gasteiger partial charge in [-0.05, 0) is 6.07 Å². The van der Waals surface area contributed by atoms with Gasteiger partial charge in [-0.3, -0.25) is 4.79 Å². The fraction of sp³-hybridized carbons (Fsp3) is 0.364. The minimum atomic E-state index is -0.824. The number of hydrogen-bond acceptors (Lipinski definition) is 3. The summed E-state index contributed by atoms with van der Waals surface area (Å²) in [5.41, 5.74) is 0.990. The number of rotatable bonds is 3. The van der Waals surface area contributed by atoms with Crippen molar-refractivity contribution < 1.29 is 9.90 Å². The molecule has 5 nitrogen and oxygen atoms in total. The summed E-state index contributed by atoms with van der Waals surface area (Å²) >= 11 is 0. The van der Waals surface area contributed by atoms with Crippen LogP contribution >= 0.6 is 0 Å². The van der Waals surface area contributed by atoms with Crippen molar-refractivity contribution in [3.63, 3.8) is 0 Å². The van der Waals surface area contributed by atoms with Crippen molar-refractivity contribution >= 4 is 11.6 Å². The van der Waals surface area contributed by atoms with Crippen LogP contribution in [0.25, 0.3) is 5.65 Å². The van der Waals surface area contributed by atoms with Crippen molar-refractivity contribution in [3.8, 4) is 0 Å². The van der Waals surface area contributed by atoms with E-state index < -0.39 is 11.4 Å². The topological polar surface area (TPSA) is 67.5 Å². The molecule has 0 bridgehead atoms. The van der Waals surface area contributed by atoms with Crippen LogP contribution in [-0.2, 0) is 10.2 Å². The van der Waals surface area contributed by atoms with E-state index in [9.17, 15) is 4.79 Å². The Morgan fingerprint density at radius 3 is 2.94 bits per heavy atom. The molecule has 0 amide bonds. The fourth-order valence-electron chi connectivity index (χ4n) is 1.63. The fourth-order valence-corrected chi connectivity index (χ4v) is 1.63. The lowest BCUT2D eigenvalue weighted by molar-refractivity contribution is -0.138. The highest BCUT2D eigenvalue weighted by Crippen LogP contribution is 2.26. The van der Waals surface area contributed by atoms with Crippen LogP contribution in [0.1, 0.15) is 26.0 Å². The van der Waals surface area contributed by atoms with E-state index in [2.05, 4.69) is 10.1 Å². The van der Waals surface area contributed by atoms with Crippen LogP contribution in [0.2, 0.25) is 0 Å². The second-order valence-electron chi connectivity index (χ2n) is 4.41. The zero-order chi connectivity index (χ0) is 11.8. The normalized spacial score (nSPS) is 11.9. The van der Waals surface area contributed by atoms with Gasteiger partial charge in [0.05, 0.1) is 12.1 Å². The summed E-state index contributed by atoms with van der Waals surface area (Å²) in [6, 6.07) is 3.61. The second-order valence-corrected chi connectivity index (χ2v) is 4.41. The van der Waals surface area contributed by atoms with Gasteiger partial charge in [0.25, 0.3) is 0 Å². The van der Waals surface area contributed by atoms with Crippen LogP contribution in [-0.4, -0.2) is 25.7 Å². The van der Waals surface area contributed by atoms with Crippen molar-refractivity contribution in [1.29, 1.82) is 0 Å². The van der Waals surface area contributed by atoms with Crippen molar-refractivity contribution in [3.05, 3.63) is 30.2 Å². The van der Waals surface area contributed by atoms with Crippen LogP contribution in [0.15, 0.2) is 24.5 Å². The van der Waals surface area contributed by atoms with Gasteiger partial charge in [-0.25, -0.2) is 9.50 Å². The molecule has 1 N–H and O–H groups in total. The van der Waals surface area contributed by atoms with Crippen molar-refractivity contribution in [2.24, 2.45) is 0 Å². The number of nitrogens with zero attached hydrogens (tertiary/aromatic N) is 3. The van der Waals surface area contributed by atoms with Crippen LogP contribution in [0, 0.1) is 0 Å². The van der Waals surface area contributed by atoms with E-state index >= 15 is 0 Å². The maximum absolute atomic E-state index is 10.8. The smallest absolute Gasteiger partial charge is 0.304 e. The molecule has 0 saturated heterocycles. The summed E-state index contributed by atoms with van der Waals surface area (Å²) in [6.07, 6.45) is 3.53. The standard InChI is InChI=1S/C11H13N3O2/c1-11(2,7-10(15)16)8-6-9-12-4-3-5-14(9)13-8/h3-6H,7H2,1-2H3,(H,15,16). The molecule has 5 heteroatoms. The first-order chi connectivity index (χ1) is 7.49. The third-order valence-corrected chi connectivity index (χ3v) is 2.52. The van der Waals surface area contributed by atoms with Crippen molar-refractivity contribution in [2.45, 2.75) is 25.7 Å². The molecule has 0 unspecified atom stereocenters. The van der Waals surface area contributed by atoms with Gasteiger partial charge in [0.2, 0.25) is 0 Å². The van der Waals surface area contributed by atoms with Gasteiger partial charge in [-0.1, -0.05) is 13.8 Å². The lowest BCUT2D eigenvalue weighted by Gasteiger charge is -2.18. The summed E-state index contributed by atoms with van der Waals surface area (Å²) in [5, 5.41) is 13.2. The van der Waals surface area contributed by atoms with E-state index in [4.69, 9.17) is 5.11 Å². The lowest BCUT2D eigenvalue weighted by Crippen LogP contribution is -2.22. The van der Waals surface area contributed by atoms with E-state index in [1.165, 1.54) is 0 Å². The van der Waals surface area contributed by atoms with Crippen LogP contribution in [0.5, 0.6) is 0 Å². The molecule has 0 aliphatic rings. The molecule has 2 aromatic heterocycles. The summed E-state index contributed by atoms with van der Waals surface area (Å²) in [4.78, 5) is 14.9. The van der Waals surface area contributed by atoms with Gasteiger partial charge >= 0.3 is 5.97 Å². The monoisotopic (exact) mass is 219 g/mol. The SMILES string of the molecule is CC(C)(CC(=O)O)c1cc2ncccn2n1. The third-order valence-electron chi connectivity index (χ3n) is 2.52. The highest BCUT2D eigenvalue weighted by molar-refractivity contribution is 5.68. The molecule has 0 spiro atoms. The molecule has 0 fully saturated rings. The largest absolute Gasteiger partial charge is 0.481 e. The number of carboxylic acid groups (broad SMARTS) is 1. The third kappa shape index (κ3) is 1.88. The molecule has 2 rings (SSSR count). The Kier molecular flexibility index (Phi) is 2.38. The average molecular weight is 219 g/mol. The molecule has 0 saturated carbocycles. The summed E-state index contributed by atoms with van der Waals surface area (Å²) in [6.45, 7) is 3.73. The number of aliphatic carboxylic acids is 1. The van der Waals surface area contributed by atoms with Gasteiger partial charge in [0, 0.05) is 23.9 Å². The van der Waals surface area contributed by atoms with E-state index in [1.54, 1.807) is 23.0 Å². The molecule has 2 aromatic rings. The van der Waals surface area contributed by atoms with E-state index in [-0.39, 0.29) is 6.42 Å². The summed E-state index contributed by atoms with van der Waals surface area (Å²) in [7, 11) is 0. The number of carbonyl (C=O) groups is 1. The number of aromatic nitrogens is 3. The zero-order valence-corrected chi connectivity index (χ0v) is 9.21. The summed E-state index contributed by atoms with van der Waals surface area (Å²) in [5.74, 6) is -0.824. The Morgan fingerprint density at radius 2 is 2.31 bits per heavy atom. The number of carboxylic acids is 1. The van der Waals surface area contributed by atoms with Crippen molar-refractivity contribution in [1.82, 2.24) is 14.6 Å². The molecule has 0 aliphatic carbocycles. The van der Waals surface area contributed by atoms with Crippen molar-refractivity contribution in [2.75, 3.05) is 0 Å². The first-order valence-electron chi connectivity index (χ1n) is 5.02. The van der Waals surface area contributed by atoms with E-state index in [1.807, 2.05) is 19.9 Å². The Bertz CT molecular complexity index is 498. The zero-order valence-electron chi connectivity index (χ0n) is 9.21. The molecule has 0 aromatic carbocycles. The van der Waals surface area contributed by atoms with Gasteiger partial charge in [-0.15, -0.1) is 0 Å². The van der Waals surface area contributed by atoms with Gasteiger partial charge in [-0.2, -0.15) is 5.10 Å². The second kappa shape index (κ2) is 3.59. The first kappa shape index (κ1) is 10.6. The van der Waals surface area contributed by atoms with Gasteiger partial charge in [0.15, 0.2) is 5.65 Å². The van der Waals surface area contributed by atoms with E-state index in [0.717, 1.165) is 11.3 Å². The predicted octanol–water partition coefficient (Wildman–Crippen LogP) is 1.48. The Balaban J connectivity index is 2.43. The molecule has 0 atom stereocenters. The van der Waals surface area contributed by atoms with Crippen LogP contribution in [0.4, 0.5) is 0 Å². The highest BCUT2D eigenvalue weighted by Gasteiger charge is 2.27. The highest BCUT2D eigenvalue weighted by atomic mass is 16.4. The Labute approximate surface area is 92.7 Å².